The fourth-order valence-electron chi connectivity index (χ4n) is 3.48. The van der Waals surface area contributed by atoms with Crippen LogP contribution in [0.4, 0.5) is 5.69 Å². The van der Waals surface area contributed by atoms with Crippen molar-refractivity contribution in [2.45, 2.75) is 26.9 Å². The van der Waals surface area contributed by atoms with Crippen LogP contribution in [0.5, 0.6) is 0 Å². The molecule has 8 heteroatoms. The van der Waals surface area contributed by atoms with E-state index < -0.39 is 0 Å². The molecule has 4 rings (SSSR count). The van der Waals surface area contributed by atoms with E-state index in [-0.39, 0.29) is 11.7 Å². The predicted molar refractivity (Wildman–Crippen MR) is 123 cm³/mol. The van der Waals surface area contributed by atoms with Crippen molar-refractivity contribution in [2.24, 2.45) is 0 Å². The molecule has 0 unspecified atom stereocenters. The molecule has 1 N–H and O–H groups in total. The first-order valence-corrected chi connectivity index (χ1v) is 10.6. The summed E-state index contributed by atoms with van der Waals surface area (Å²) >= 11 is 5.92. The predicted octanol–water partition coefficient (Wildman–Crippen LogP) is 4.59. The third-order valence-electron chi connectivity index (χ3n) is 5.25. The zero-order chi connectivity index (χ0) is 22.7. The number of anilines is 1. The van der Waals surface area contributed by atoms with Gasteiger partial charge in [0, 0.05) is 40.1 Å². The molecule has 0 spiro atoms. The molecule has 0 fully saturated rings. The number of halogens is 1. The SMILES string of the molecule is CCn1ncc(Cn2cc(NC(=O)c3ccccc3C(=O)c3ccc(Cl)cc3)cn2)c1C. The molecule has 4 aromatic rings. The van der Waals surface area contributed by atoms with E-state index in [2.05, 4.69) is 15.5 Å². The van der Waals surface area contributed by atoms with E-state index in [4.69, 9.17) is 11.6 Å². The zero-order valence-corrected chi connectivity index (χ0v) is 18.5. The number of nitrogens with one attached hydrogen (secondary N) is 1. The maximum Gasteiger partial charge on any atom is 0.256 e. The molecule has 0 aliphatic heterocycles. The molecule has 0 bridgehead atoms. The zero-order valence-electron chi connectivity index (χ0n) is 17.7. The van der Waals surface area contributed by atoms with Crippen LogP contribution >= 0.6 is 11.6 Å². The van der Waals surface area contributed by atoms with Crippen LogP contribution in [0.2, 0.25) is 5.02 Å². The van der Waals surface area contributed by atoms with E-state index in [9.17, 15) is 9.59 Å². The molecule has 2 aromatic carbocycles. The number of hydrogen-bond acceptors (Lipinski definition) is 4. The number of aromatic nitrogens is 4. The van der Waals surface area contributed by atoms with Gasteiger partial charge in [0.25, 0.3) is 5.91 Å². The Labute approximate surface area is 190 Å². The Morgan fingerprint density at radius 2 is 1.72 bits per heavy atom. The Hall–Kier alpha value is -3.71. The van der Waals surface area contributed by atoms with Gasteiger partial charge in [0.05, 0.1) is 30.2 Å². The second-order valence-corrected chi connectivity index (χ2v) is 7.77. The Balaban J connectivity index is 1.51. The average Bonchev–Trinajstić information content (AvgIpc) is 3.40. The molecular formula is C24H22ClN5O2. The molecule has 1 amide bonds. The average molecular weight is 448 g/mol. The maximum absolute atomic E-state index is 13.0. The maximum atomic E-state index is 13.0. The van der Waals surface area contributed by atoms with Gasteiger partial charge in [-0.1, -0.05) is 29.8 Å². The molecule has 32 heavy (non-hydrogen) atoms. The smallest absolute Gasteiger partial charge is 0.256 e. The van der Waals surface area contributed by atoms with Crippen molar-refractivity contribution in [3.05, 3.63) is 100 Å². The largest absolute Gasteiger partial charge is 0.319 e. The van der Waals surface area contributed by atoms with Gasteiger partial charge in [-0.2, -0.15) is 10.2 Å². The molecule has 0 atom stereocenters. The summed E-state index contributed by atoms with van der Waals surface area (Å²) in [6.07, 6.45) is 5.17. The van der Waals surface area contributed by atoms with Crippen LogP contribution in [0.25, 0.3) is 0 Å². The summed E-state index contributed by atoms with van der Waals surface area (Å²) in [5.41, 5.74) is 3.77. The van der Waals surface area contributed by atoms with Crippen molar-refractivity contribution >= 4 is 29.0 Å². The topological polar surface area (TPSA) is 81.8 Å². The van der Waals surface area contributed by atoms with E-state index in [1.54, 1.807) is 65.6 Å². The van der Waals surface area contributed by atoms with Crippen LogP contribution < -0.4 is 5.32 Å². The number of amides is 1. The molecule has 0 saturated heterocycles. The van der Waals surface area contributed by atoms with Crippen molar-refractivity contribution in [3.63, 3.8) is 0 Å². The molecule has 0 aliphatic carbocycles. The summed E-state index contributed by atoms with van der Waals surface area (Å²) < 4.78 is 3.67. The lowest BCUT2D eigenvalue weighted by molar-refractivity contribution is 0.0996. The second-order valence-electron chi connectivity index (χ2n) is 7.33. The van der Waals surface area contributed by atoms with Crippen molar-refractivity contribution in [1.29, 1.82) is 0 Å². The third-order valence-corrected chi connectivity index (χ3v) is 5.50. The van der Waals surface area contributed by atoms with Crippen molar-refractivity contribution in [3.8, 4) is 0 Å². The van der Waals surface area contributed by atoms with Gasteiger partial charge in [-0.05, 0) is 44.2 Å². The van der Waals surface area contributed by atoms with E-state index in [0.717, 1.165) is 17.8 Å². The number of rotatable bonds is 7. The number of benzene rings is 2. The number of nitrogens with zero attached hydrogens (tertiary/aromatic N) is 4. The highest BCUT2D eigenvalue weighted by Gasteiger charge is 2.18. The van der Waals surface area contributed by atoms with Crippen molar-refractivity contribution in [1.82, 2.24) is 19.6 Å². The highest BCUT2D eigenvalue weighted by molar-refractivity contribution is 6.30. The summed E-state index contributed by atoms with van der Waals surface area (Å²) in [5, 5.41) is 12.1. The number of hydrogen-bond donors (Lipinski definition) is 1. The van der Waals surface area contributed by atoms with Gasteiger partial charge in [-0.15, -0.1) is 0 Å². The number of aryl methyl sites for hydroxylation is 1. The van der Waals surface area contributed by atoms with E-state index >= 15 is 0 Å². The quantitative estimate of drug-likeness (QED) is 0.420. The van der Waals surface area contributed by atoms with E-state index in [1.165, 1.54) is 0 Å². The Morgan fingerprint density at radius 1 is 1.00 bits per heavy atom. The van der Waals surface area contributed by atoms with Crippen molar-refractivity contribution < 1.29 is 9.59 Å². The Bertz CT molecular complexity index is 1270. The first-order valence-electron chi connectivity index (χ1n) is 10.2. The normalized spacial score (nSPS) is 10.8. The van der Waals surface area contributed by atoms with Crippen LogP contribution in [0.3, 0.4) is 0 Å². The van der Waals surface area contributed by atoms with Gasteiger partial charge in [-0.25, -0.2) is 0 Å². The lowest BCUT2D eigenvalue weighted by Gasteiger charge is -2.09. The van der Waals surface area contributed by atoms with Gasteiger partial charge in [0.15, 0.2) is 5.78 Å². The monoisotopic (exact) mass is 447 g/mol. The summed E-state index contributed by atoms with van der Waals surface area (Å²) in [7, 11) is 0. The molecule has 0 radical (unpaired) electrons. The Kier molecular flexibility index (Phi) is 6.18. The van der Waals surface area contributed by atoms with Gasteiger partial charge in [0.2, 0.25) is 0 Å². The lowest BCUT2D eigenvalue weighted by atomic mass is 9.98. The third kappa shape index (κ3) is 4.48. The fraction of sp³-hybridized carbons (Fsp3) is 0.167. The first kappa shape index (κ1) is 21.5. The minimum atomic E-state index is -0.377. The minimum absolute atomic E-state index is 0.244. The lowest BCUT2D eigenvalue weighted by Crippen LogP contribution is -2.16. The summed E-state index contributed by atoms with van der Waals surface area (Å²) in [5.74, 6) is -0.621. The molecule has 162 valence electrons. The van der Waals surface area contributed by atoms with Gasteiger partial charge >= 0.3 is 0 Å². The van der Waals surface area contributed by atoms with Gasteiger partial charge in [0.1, 0.15) is 0 Å². The van der Waals surface area contributed by atoms with Crippen LogP contribution in [0.1, 0.15) is 44.5 Å². The first-order chi connectivity index (χ1) is 15.5. The highest BCUT2D eigenvalue weighted by Crippen LogP contribution is 2.19. The fourth-order valence-corrected chi connectivity index (χ4v) is 3.61. The number of ketones is 1. The van der Waals surface area contributed by atoms with Crippen LogP contribution in [0, 0.1) is 6.92 Å². The number of carbonyl (C=O) groups is 2. The van der Waals surface area contributed by atoms with Crippen molar-refractivity contribution in [2.75, 3.05) is 5.32 Å². The second kappa shape index (κ2) is 9.20. The van der Waals surface area contributed by atoms with Crippen LogP contribution in [0.15, 0.2) is 67.1 Å². The summed E-state index contributed by atoms with van der Waals surface area (Å²) in [6, 6.07) is 13.3. The van der Waals surface area contributed by atoms with Gasteiger partial charge < -0.3 is 5.32 Å². The molecule has 0 saturated carbocycles. The van der Waals surface area contributed by atoms with Crippen LogP contribution in [-0.4, -0.2) is 31.3 Å². The molecule has 2 aromatic heterocycles. The minimum Gasteiger partial charge on any atom is -0.319 e. The standard InChI is InChI=1S/C24H22ClN5O2/c1-3-30-16(2)18(12-27-30)14-29-15-20(13-26-29)28-24(32)22-7-5-4-6-21(22)23(31)17-8-10-19(25)11-9-17/h4-13,15H,3,14H2,1-2H3,(H,28,32). The molecule has 2 heterocycles. The molecule has 7 nitrogen and oxygen atoms in total. The Morgan fingerprint density at radius 3 is 2.41 bits per heavy atom. The van der Waals surface area contributed by atoms with Crippen LogP contribution in [-0.2, 0) is 13.1 Å². The summed E-state index contributed by atoms with van der Waals surface area (Å²) in [6.45, 7) is 5.42. The van der Waals surface area contributed by atoms with E-state index in [1.807, 2.05) is 24.7 Å². The number of carbonyl (C=O) groups excluding carboxylic acids is 2. The molecular weight excluding hydrogens is 426 g/mol. The summed E-state index contributed by atoms with van der Waals surface area (Å²) in [4.78, 5) is 25.9. The highest BCUT2D eigenvalue weighted by atomic mass is 35.5. The van der Waals surface area contributed by atoms with Gasteiger partial charge in [-0.3, -0.25) is 19.0 Å². The molecule has 0 aliphatic rings. The van der Waals surface area contributed by atoms with E-state index in [0.29, 0.717) is 33.9 Å².